The van der Waals surface area contributed by atoms with Crippen LogP contribution < -0.4 is 0 Å². The molecular formula is C15H10ClN5. The van der Waals surface area contributed by atoms with Gasteiger partial charge in [0.05, 0.1) is 5.69 Å². The Labute approximate surface area is 125 Å². The normalized spacial score (nSPS) is 11.3. The van der Waals surface area contributed by atoms with Gasteiger partial charge < -0.3 is 0 Å². The standard InChI is InChI=1S/C15H10ClN5/c1-9-10-6-8-17-14(16)11(10)4-5-13(9)21-15-12(19-20-21)3-2-7-18-15/h2-8H,1H3. The first-order chi connectivity index (χ1) is 10.3. The zero-order valence-corrected chi connectivity index (χ0v) is 11.9. The van der Waals surface area contributed by atoms with Crippen molar-refractivity contribution in [1.29, 1.82) is 0 Å². The van der Waals surface area contributed by atoms with Crippen LogP contribution in [0.3, 0.4) is 0 Å². The molecule has 0 N–H and O–H groups in total. The van der Waals surface area contributed by atoms with Gasteiger partial charge >= 0.3 is 0 Å². The molecule has 3 aromatic heterocycles. The molecule has 6 heteroatoms. The first kappa shape index (κ1) is 12.2. The number of rotatable bonds is 1. The van der Waals surface area contributed by atoms with Crippen LogP contribution in [0, 0.1) is 6.92 Å². The topological polar surface area (TPSA) is 56.5 Å². The van der Waals surface area contributed by atoms with Gasteiger partial charge in [0.25, 0.3) is 0 Å². The van der Waals surface area contributed by atoms with Crippen molar-refractivity contribution in [2.24, 2.45) is 0 Å². The Bertz CT molecular complexity index is 976. The molecule has 0 atom stereocenters. The molecule has 4 rings (SSSR count). The highest BCUT2D eigenvalue weighted by Gasteiger charge is 2.12. The van der Waals surface area contributed by atoms with E-state index in [1.54, 1.807) is 17.1 Å². The quantitative estimate of drug-likeness (QED) is 0.505. The van der Waals surface area contributed by atoms with Gasteiger partial charge in [-0.25, -0.2) is 9.97 Å². The van der Waals surface area contributed by atoms with Gasteiger partial charge in [-0.1, -0.05) is 16.8 Å². The molecule has 0 saturated carbocycles. The fourth-order valence-corrected chi connectivity index (χ4v) is 2.74. The van der Waals surface area contributed by atoms with E-state index < -0.39 is 0 Å². The molecule has 0 unspecified atom stereocenters. The molecule has 0 bridgehead atoms. The van der Waals surface area contributed by atoms with Crippen LogP contribution in [-0.2, 0) is 0 Å². The molecule has 0 fully saturated rings. The van der Waals surface area contributed by atoms with E-state index in [0.29, 0.717) is 5.15 Å². The van der Waals surface area contributed by atoms with Crippen LogP contribution in [0.5, 0.6) is 0 Å². The monoisotopic (exact) mass is 295 g/mol. The number of halogens is 1. The number of pyridine rings is 2. The molecule has 0 amide bonds. The molecule has 0 saturated heterocycles. The third-order valence-corrected chi connectivity index (χ3v) is 3.88. The summed E-state index contributed by atoms with van der Waals surface area (Å²) in [6.07, 6.45) is 3.44. The Morgan fingerprint density at radius 2 is 1.90 bits per heavy atom. The SMILES string of the molecule is Cc1c(-n2nnc3cccnc32)ccc2c(Cl)nccc12. The molecule has 1 aromatic carbocycles. The minimum Gasteiger partial charge on any atom is -0.244 e. The van der Waals surface area contributed by atoms with E-state index in [2.05, 4.69) is 20.3 Å². The summed E-state index contributed by atoms with van der Waals surface area (Å²) in [6.45, 7) is 2.03. The molecule has 0 aliphatic heterocycles. The average Bonchev–Trinajstić information content (AvgIpc) is 2.93. The summed E-state index contributed by atoms with van der Waals surface area (Å²) in [5, 5.41) is 10.8. The van der Waals surface area contributed by atoms with Gasteiger partial charge in [-0.15, -0.1) is 5.10 Å². The van der Waals surface area contributed by atoms with Gasteiger partial charge in [-0.05, 0) is 48.2 Å². The lowest BCUT2D eigenvalue weighted by Crippen LogP contribution is -2.01. The zero-order chi connectivity index (χ0) is 14.4. The predicted molar refractivity (Wildman–Crippen MR) is 81.7 cm³/mol. The summed E-state index contributed by atoms with van der Waals surface area (Å²) < 4.78 is 1.75. The summed E-state index contributed by atoms with van der Waals surface area (Å²) in [6, 6.07) is 9.60. The van der Waals surface area contributed by atoms with Crippen LogP contribution in [0.25, 0.3) is 27.6 Å². The largest absolute Gasteiger partial charge is 0.244 e. The van der Waals surface area contributed by atoms with Gasteiger partial charge in [0.2, 0.25) is 0 Å². The highest BCUT2D eigenvalue weighted by molar-refractivity contribution is 6.34. The number of hydrogen-bond acceptors (Lipinski definition) is 4. The molecule has 4 aromatic rings. The number of aryl methyl sites for hydroxylation is 1. The average molecular weight is 296 g/mol. The smallest absolute Gasteiger partial charge is 0.183 e. The first-order valence-corrected chi connectivity index (χ1v) is 6.84. The lowest BCUT2D eigenvalue weighted by molar-refractivity contribution is 0.814. The molecule has 5 nitrogen and oxygen atoms in total. The molecule has 0 aliphatic rings. The van der Waals surface area contributed by atoms with Crippen molar-refractivity contribution < 1.29 is 0 Å². The first-order valence-electron chi connectivity index (χ1n) is 6.46. The third kappa shape index (κ3) is 1.78. The molecule has 21 heavy (non-hydrogen) atoms. The Balaban J connectivity index is 2.05. The number of aromatic nitrogens is 5. The van der Waals surface area contributed by atoms with Crippen molar-refractivity contribution in [3.8, 4) is 5.69 Å². The Morgan fingerprint density at radius 1 is 1.00 bits per heavy atom. The fourth-order valence-electron chi connectivity index (χ4n) is 2.52. The van der Waals surface area contributed by atoms with Gasteiger partial charge in [0.15, 0.2) is 5.65 Å². The van der Waals surface area contributed by atoms with E-state index in [-0.39, 0.29) is 0 Å². The number of benzene rings is 1. The maximum atomic E-state index is 6.14. The molecular weight excluding hydrogens is 286 g/mol. The summed E-state index contributed by atoms with van der Waals surface area (Å²) >= 11 is 6.14. The van der Waals surface area contributed by atoms with Crippen LogP contribution in [0.2, 0.25) is 5.15 Å². The molecule has 3 heterocycles. The van der Waals surface area contributed by atoms with Crippen molar-refractivity contribution in [3.63, 3.8) is 0 Å². The van der Waals surface area contributed by atoms with Crippen LogP contribution in [0.15, 0.2) is 42.7 Å². The van der Waals surface area contributed by atoms with Crippen LogP contribution in [-0.4, -0.2) is 25.0 Å². The van der Waals surface area contributed by atoms with Crippen molar-refractivity contribution in [3.05, 3.63) is 53.4 Å². The maximum Gasteiger partial charge on any atom is 0.183 e. The maximum absolute atomic E-state index is 6.14. The fraction of sp³-hybridized carbons (Fsp3) is 0.0667. The van der Waals surface area contributed by atoms with E-state index in [0.717, 1.165) is 33.2 Å². The summed E-state index contributed by atoms with van der Waals surface area (Å²) in [4.78, 5) is 8.46. The predicted octanol–water partition coefficient (Wildman–Crippen LogP) is 3.33. The van der Waals surface area contributed by atoms with Crippen LogP contribution >= 0.6 is 11.6 Å². The minimum atomic E-state index is 0.503. The minimum absolute atomic E-state index is 0.503. The van der Waals surface area contributed by atoms with Gasteiger partial charge in [0, 0.05) is 17.8 Å². The van der Waals surface area contributed by atoms with Crippen molar-refractivity contribution in [2.75, 3.05) is 0 Å². The van der Waals surface area contributed by atoms with E-state index in [9.17, 15) is 0 Å². The summed E-state index contributed by atoms with van der Waals surface area (Å²) in [5.74, 6) is 0. The summed E-state index contributed by atoms with van der Waals surface area (Å²) in [5.41, 5.74) is 3.50. The Morgan fingerprint density at radius 3 is 2.81 bits per heavy atom. The second-order valence-electron chi connectivity index (χ2n) is 4.75. The van der Waals surface area contributed by atoms with Crippen molar-refractivity contribution in [1.82, 2.24) is 25.0 Å². The van der Waals surface area contributed by atoms with E-state index in [1.165, 1.54) is 0 Å². The highest BCUT2D eigenvalue weighted by Crippen LogP contribution is 2.28. The molecule has 102 valence electrons. The van der Waals surface area contributed by atoms with Gasteiger partial charge in [-0.2, -0.15) is 4.68 Å². The number of hydrogen-bond donors (Lipinski definition) is 0. The van der Waals surface area contributed by atoms with Crippen LogP contribution in [0.1, 0.15) is 5.56 Å². The number of nitrogens with zero attached hydrogens (tertiary/aromatic N) is 5. The molecule has 0 aliphatic carbocycles. The lowest BCUT2D eigenvalue weighted by Gasteiger charge is -2.09. The number of fused-ring (bicyclic) bond motifs is 2. The lowest BCUT2D eigenvalue weighted by atomic mass is 10.1. The highest BCUT2D eigenvalue weighted by atomic mass is 35.5. The molecule has 0 spiro atoms. The molecule has 0 radical (unpaired) electrons. The third-order valence-electron chi connectivity index (χ3n) is 3.57. The van der Waals surface area contributed by atoms with Gasteiger partial charge in [0.1, 0.15) is 10.7 Å². The van der Waals surface area contributed by atoms with E-state index >= 15 is 0 Å². The van der Waals surface area contributed by atoms with Gasteiger partial charge in [-0.3, -0.25) is 0 Å². The second kappa shape index (κ2) is 4.49. The van der Waals surface area contributed by atoms with Crippen molar-refractivity contribution in [2.45, 2.75) is 6.92 Å². The zero-order valence-electron chi connectivity index (χ0n) is 11.2. The summed E-state index contributed by atoms with van der Waals surface area (Å²) in [7, 11) is 0. The second-order valence-corrected chi connectivity index (χ2v) is 5.11. The Hall–Kier alpha value is -2.53. The van der Waals surface area contributed by atoms with Crippen LogP contribution in [0.4, 0.5) is 0 Å². The Kier molecular flexibility index (Phi) is 2.62. The van der Waals surface area contributed by atoms with Crippen molar-refractivity contribution >= 4 is 33.5 Å². The van der Waals surface area contributed by atoms with E-state index in [4.69, 9.17) is 11.6 Å². The van der Waals surface area contributed by atoms with E-state index in [1.807, 2.05) is 37.3 Å².